The van der Waals surface area contributed by atoms with Crippen molar-refractivity contribution in [3.05, 3.63) is 59.7 Å². The SMILES string of the molecule is C=CCc1c(C)ccc2c1CCC1C(C=C)C21C. The van der Waals surface area contributed by atoms with Gasteiger partial charge in [-0.05, 0) is 60.3 Å². The molecule has 2 aliphatic rings. The topological polar surface area (TPSA) is 0 Å². The van der Waals surface area contributed by atoms with Crippen molar-refractivity contribution in [3.63, 3.8) is 0 Å². The van der Waals surface area contributed by atoms with Gasteiger partial charge in [-0.15, -0.1) is 13.2 Å². The third-order valence-corrected chi connectivity index (χ3v) is 5.34. The number of hydrogen-bond acceptors (Lipinski definition) is 0. The molecule has 94 valence electrons. The second-order valence-electron chi connectivity index (χ2n) is 6.07. The van der Waals surface area contributed by atoms with Crippen LogP contribution in [0.15, 0.2) is 37.4 Å². The molecule has 3 rings (SSSR count). The first kappa shape index (κ1) is 11.8. The lowest BCUT2D eigenvalue weighted by Crippen LogP contribution is -2.17. The standard InChI is InChI=1S/C18H22/c1-5-7-13-12(3)8-10-16-14(13)9-11-17-15(6-2)18(16,17)4/h5-6,8,10,15,17H,1-2,7,9,11H2,3-4H3. The van der Waals surface area contributed by atoms with Crippen molar-refractivity contribution >= 4 is 0 Å². The summed E-state index contributed by atoms with van der Waals surface area (Å²) in [5.74, 6) is 1.53. The van der Waals surface area contributed by atoms with Crippen LogP contribution in [0.25, 0.3) is 0 Å². The Morgan fingerprint density at radius 1 is 1.39 bits per heavy atom. The molecule has 0 aromatic heterocycles. The van der Waals surface area contributed by atoms with Crippen LogP contribution >= 0.6 is 0 Å². The fourth-order valence-electron chi connectivity index (χ4n) is 4.23. The van der Waals surface area contributed by atoms with E-state index in [0.29, 0.717) is 11.3 Å². The average Bonchev–Trinajstić information content (AvgIpc) is 2.97. The molecule has 1 aromatic rings. The number of fused-ring (bicyclic) bond motifs is 3. The van der Waals surface area contributed by atoms with Crippen LogP contribution in [0.1, 0.15) is 35.6 Å². The molecule has 18 heavy (non-hydrogen) atoms. The Morgan fingerprint density at radius 3 is 2.83 bits per heavy atom. The molecule has 0 N–H and O–H groups in total. The molecule has 2 aliphatic carbocycles. The van der Waals surface area contributed by atoms with Crippen LogP contribution in [0.5, 0.6) is 0 Å². The van der Waals surface area contributed by atoms with Crippen molar-refractivity contribution in [2.24, 2.45) is 11.8 Å². The van der Waals surface area contributed by atoms with E-state index in [4.69, 9.17) is 0 Å². The lowest BCUT2D eigenvalue weighted by atomic mass is 9.79. The van der Waals surface area contributed by atoms with Crippen molar-refractivity contribution in [2.45, 2.75) is 38.5 Å². The van der Waals surface area contributed by atoms with Crippen LogP contribution in [0.2, 0.25) is 0 Å². The number of rotatable bonds is 3. The maximum absolute atomic E-state index is 4.03. The Hall–Kier alpha value is -1.30. The molecule has 0 spiro atoms. The minimum Gasteiger partial charge on any atom is -0.103 e. The quantitative estimate of drug-likeness (QED) is 0.686. The van der Waals surface area contributed by atoms with Gasteiger partial charge in [0.1, 0.15) is 0 Å². The van der Waals surface area contributed by atoms with Crippen molar-refractivity contribution in [1.82, 2.24) is 0 Å². The highest BCUT2D eigenvalue weighted by Crippen LogP contribution is 2.65. The number of benzene rings is 1. The zero-order chi connectivity index (χ0) is 12.9. The highest BCUT2D eigenvalue weighted by molar-refractivity contribution is 5.52. The molecule has 0 nitrogen and oxygen atoms in total. The maximum Gasteiger partial charge on any atom is 0.00274 e. The second-order valence-corrected chi connectivity index (χ2v) is 6.07. The second kappa shape index (κ2) is 3.85. The van der Waals surface area contributed by atoms with Gasteiger partial charge in [-0.2, -0.15) is 0 Å². The lowest BCUT2D eigenvalue weighted by molar-refractivity contribution is 0.568. The Labute approximate surface area is 110 Å². The van der Waals surface area contributed by atoms with E-state index in [0.717, 1.165) is 12.3 Å². The summed E-state index contributed by atoms with van der Waals surface area (Å²) in [5.41, 5.74) is 6.52. The fraction of sp³-hybridized carbons (Fsp3) is 0.444. The molecule has 1 saturated carbocycles. The predicted molar refractivity (Wildman–Crippen MR) is 77.9 cm³/mol. The molecular formula is C18H22. The first-order valence-corrected chi connectivity index (χ1v) is 6.99. The van der Waals surface area contributed by atoms with Gasteiger partial charge in [-0.3, -0.25) is 0 Å². The Bertz CT molecular complexity index is 523. The fourth-order valence-corrected chi connectivity index (χ4v) is 4.23. The minimum atomic E-state index is 0.374. The van der Waals surface area contributed by atoms with E-state index in [1.807, 2.05) is 6.08 Å². The average molecular weight is 238 g/mol. The summed E-state index contributed by atoms with van der Waals surface area (Å²) in [5, 5.41) is 0. The van der Waals surface area contributed by atoms with Crippen LogP contribution in [-0.2, 0) is 18.3 Å². The van der Waals surface area contributed by atoms with E-state index in [1.54, 1.807) is 11.1 Å². The summed E-state index contributed by atoms with van der Waals surface area (Å²) >= 11 is 0. The monoisotopic (exact) mass is 238 g/mol. The van der Waals surface area contributed by atoms with E-state index in [2.05, 4.69) is 45.2 Å². The lowest BCUT2D eigenvalue weighted by Gasteiger charge is -2.26. The molecule has 3 unspecified atom stereocenters. The van der Waals surface area contributed by atoms with Crippen LogP contribution in [0.3, 0.4) is 0 Å². The molecule has 0 bridgehead atoms. The van der Waals surface area contributed by atoms with Gasteiger partial charge in [0.15, 0.2) is 0 Å². The largest absolute Gasteiger partial charge is 0.103 e. The van der Waals surface area contributed by atoms with Crippen LogP contribution < -0.4 is 0 Å². The van der Waals surface area contributed by atoms with Gasteiger partial charge in [-0.25, -0.2) is 0 Å². The van der Waals surface area contributed by atoms with Gasteiger partial charge in [0.25, 0.3) is 0 Å². The zero-order valence-corrected chi connectivity index (χ0v) is 11.5. The molecule has 0 radical (unpaired) electrons. The van der Waals surface area contributed by atoms with Crippen molar-refractivity contribution in [2.75, 3.05) is 0 Å². The summed E-state index contributed by atoms with van der Waals surface area (Å²) in [4.78, 5) is 0. The van der Waals surface area contributed by atoms with E-state index in [1.165, 1.54) is 24.0 Å². The van der Waals surface area contributed by atoms with E-state index in [9.17, 15) is 0 Å². The summed E-state index contributed by atoms with van der Waals surface area (Å²) in [7, 11) is 0. The number of hydrogen-bond donors (Lipinski definition) is 0. The zero-order valence-electron chi connectivity index (χ0n) is 11.5. The summed E-state index contributed by atoms with van der Waals surface area (Å²) < 4.78 is 0. The molecule has 0 aliphatic heterocycles. The summed E-state index contributed by atoms with van der Waals surface area (Å²) in [6.07, 6.45) is 7.79. The molecule has 0 saturated heterocycles. The van der Waals surface area contributed by atoms with Crippen molar-refractivity contribution in [1.29, 1.82) is 0 Å². The molecule has 1 aromatic carbocycles. The normalized spacial score (nSPS) is 32.3. The molecular weight excluding hydrogens is 216 g/mol. The highest BCUT2D eigenvalue weighted by Gasteiger charge is 2.62. The molecule has 0 heteroatoms. The first-order valence-electron chi connectivity index (χ1n) is 6.99. The molecule has 3 atom stereocenters. The maximum atomic E-state index is 4.03. The van der Waals surface area contributed by atoms with Gasteiger partial charge < -0.3 is 0 Å². The summed E-state index contributed by atoms with van der Waals surface area (Å²) in [6, 6.07) is 4.66. The van der Waals surface area contributed by atoms with E-state index in [-0.39, 0.29) is 0 Å². The Kier molecular flexibility index (Phi) is 2.52. The van der Waals surface area contributed by atoms with Gasteiger partial charge >= 0.3 is 0 Å². The molecule has 0 amide bonds. The highest BCUT2D eigenvalue weighted by atomic mass is 14.6. The Balaban J connectivity index is 2.14. The van der Waals surface area contributed by atoms with Crippen LogP contribution in [0, 0.1) is 18.8 Å². The summed E-state index contributed by atoms with van der Waals surface area (Å²) in [6.45, 7) is 12.6. The molecule has 0 heterocycles. The third-order valence-electron chi connectivity index (χ3n) is 5.34. The van der Waals surface area contributed by atoms with Crippen LogP contribution in [-0.4, -0.2) is 0 Å². The predicted octanol–water partition coefficient (Wildman–Crippen LogP) is 4.36. The van der Waals surface area contributed by atoms with Gasteiger partial charge in [0, 0.05) is 5.41 Å². The van der Waals surface area contributed by atoms with E-state index >= 15 is 0 Å². The van der Waals surface area contributed by atoms with Gasteiger partial charge in [0.05, 0.1) is 0 Å². The number of allylic oxidation sites excluding steroid dienone is 2. The Morgan fingerprint density at radius 2 is 2.17 bits per heavy atom. The van der Waals surface area contributed by atoms with Crippen LogP contribution in [0.4, 0.5) is 0 Å². The smallest absolute Gasteiger partial charge is 0.00274 e. The minimum absolute atomic E-state index is 0.374. The van der Waals surface area contributed by atoms with Gasteiger partial charge in [-0.1, -0.05) is 31.2 Å². The number of aryl methyl sites for hydroxylation is 1. The van der Waals surface area contributed by atoms with E-state index < -0.39 is 0 Å². The molecule has 1 fully saturated rings. The van der Waals surface area contributed by atoms with Crippen molar-refractivity contribution in [3.8, 4) is 0 Å². The van der Waals surface area contributed by atoms with Crippen molar-refractivity contribution < 1.29 is 0 Å². The van der Waals surface area contributed by atoms with Gasteiger partial charge in [0.2, 0.25) is 0 Å². The first-order chi connectivity index (χ1) is 8.64. The third kappa shape index (κ3) is 1.32.